The number of carbonyl (C=O) groups excluding carboxylic acids is 2. The van der Waals surface area contributed by atoms with Crippen molar-refractivity contribution in [2.75, 3.05) is 11.9 Å². The second kappa shape index (κ2) is 8.46. The van der Waals surface area contributed by atoms with Crippen LogP contribution in [-0.4, -0.2) is 23.5 Å². The van der Waals surface area contributed by atoms with E-state index in [-0.39, 0.29) is 12.5 Å². The summed E-state index contributed by atoms with van der Waals surface area (Å²) in [5.74, 6) is 0.604. The van der Waals surface area contributed by atoms with Crippen LogP contribution in [0.3, 0.4) is 0 Å². The Morgan fingerprint density at radius 1 is 1.04 bits per heavy atom. The molecule has 0 bridgehead atoms. The fraction of sp³-hybridized carbons (Fsp3) is 0.150. The first-order valence-corrected chi connectivity index (χ1v) is 9.17. The number of carbonyl (C=O) groups is 2. The van der Waals surface area contributed by atoms with E-state index in [0.717, 1.165) is 17.1 Å². The Morgan fingerprint density at radius 3 is 2.37 bits per heavy atom. The number of hydrogen-bond donors (Lipinski definition) is 1. The van der Waals surface area contributed by atoms with Crippen LogP contribution in [0.25, 0.3) is 0 Å². The second-order valence-corrected chi connectivity index (χ2v) is 6.55. The van der Waals surface area contributed by atoms with Crippen LogP contribution in [0, 0.1) is 6.92 Å². The van der Waals surface area contributed by atoms with Crippen LogP contribution < -0.4 is 10.1 Å². The molecule has 0 atom stereocenters. The smallest absolute Gasteiger partial charge is 0.350 e. The summed E-state index contributed by atoms with van der Waals surface area (Å²) in [7, 11) is 0. The van der Waals surface area contributed by atoms with E-state index in [1.54, 1.807) is 38.1 Å². The fourth-order valence-corrected chi connectivity index (χ4v) is 3.16. The number of amides is 1. The molecule has 1 amide bonds. The number of esters is 1. The van der Waals surface area contributed by atoms with Gasteiger partial charge in [0.05, 0.1) is 12.3 Å². The van der Waals surface area contributed by atoms with E-state index in [1.165, 1.54) is 0 Å². The zero-order chi connectivity index (χ0) is 19.2. The van der Waals surface area contributed by atoms with Crippen LogP contribution in [-0.2, 0) is 4.74 Å². The maximum Gasteiger partial charge on any atom is 0.350 e. The van der Waals surface area contributed by atoms with Crippen molar-refractivity contribution < 1.29 is 19.1 Å². The van der Waals surface area contributed by atoms with Crippen molar-refractivity contribution in [1.82, 2.24) is 4.98 Å². The van der Waals surface area contributed by atoms with Crippen molar-refractivity contribution in [3.05, 3.63) is 70.7 Å². The van der Waals surface area contributed by atoms with Gasteiger partial charge in [0.2, 0.25) is 0 Å². The minimum atomic E-state index is -0.435. The minimum absolute atomic E-state index is 0.287. The maximum atomic E-state index is 12.4. The molecule has 0 unspecified atom stereocenters. The molecule has 3 aromatic rings. The van der Waals surface area contributed by atoms with Crippen LogP contribution in [0.2, 0.25) is 0 Å². The monoisotopic (exact) mass is 382 g/mol. The summed E-state index contributed by atoms with van der Waals surface area (Å²) >= 11 is 1.09. The van der Waals surface area contributed by atoms with E-state index in [0.29, 0.717) is 27.0 Å². The van der Waals surface area contributed by atoms with E-state index in [4.69, 9.17) is 9.47 Å². The molecular weight excluding hydrogens is 364 g/mol. The number of nitrogens with zero attached hydrogens (tertiary/aromatic N) is 1. The molecule has 1 N–H and O–H groups in total. The van der Waals surface area contributed by atoms with Gasteiger partial charge in [-0.3, -0.25) is 10.1 Å². The third-order valence-electron chi connectivity index (χ3n) is 3.57. The lowest BCUT2D eigenvalue weighted by Crippen LogP contribution is -2.11. The fourth-order valence-electron chi connectivity index (χ4n) is 2.30. The molecule has 0 saturated heterocycles. The molecule has 0 aliphatic carbocycles. The number of aryl methyl sites for hydroxylation is 1. The summed E-state index contributed by atoms with van der Waals surface area (Å²) in [5.41, 5.74) is 0.987. The predicted molar refractivity (Wildman–Crippen MR) is 104 cm³/mol. The van der Waals surface area contributed by atoms with Crippen LogP contribution in [0.4, 0.5) is 5.13 Å². The Labute approximate surface area is 160 Å². The SMILES string of the molecule is CCOC(=O)c1sc(NC(=O)c2ccc(Oc3ccccc3)cc2)nc1C. The highest BCUT2D eigenvalue weighted by Crippen LogP contribution is 2.25. The lowest BCUT2D eigenvalue weighted by atomic mass is 10.2. The zero-order valence-corrected chi connectivity index (χ0v) is 15.7. The molecule has 0 saturated carbocycles. The highest BCUT2D eigenvalue weighted by molar-refractivity contribution is 7.17. The van der Waals surface area contributed by atoms with Crippen LogP contribution in [0.1, 0.15) is 32.6 Å². The Balaban J connectivity index is 1.66. The normalized spacial score (nSPS) is 10.3. The summed E-state index contributed by atoms with van der Waals surface area (Å²) in [5, 5.41) is 3.06. The number of thiazole rings is 1. The molecule has 138 valence electrons. The van der Waals surface area contributed by atoms with Crippen LogP contribution in [0.5, 0.6) is 11.5 Å². The average molecular weight is 382 g/mol. The molecule has 0 spiro atoms. The number of nitrogens with one attached hydrogen (secondary N) is 1. The molecule has 27 heavy (non-hydrogen) atoms. The molecule has 3 rings (SSSR count). The largest absolute Gasteiger partial charge is 0.462 e. The van der Waals surface area contributed by atoms with Crippen molar-refractivity contribution in [3.63, 3.8) is 0 Å². The number of para-hydroxylation sites is 1. The summed E-state index contributed by atoms with van der Waals surface area (Å²) in [4.78, 5) is 28.8. The van der Waals surface area contributed by atoms with Crippen molar-refractivity contribution in [3.8, 4) is 11.5 Å². The van der Waals surface area contributed by atoms with Gasteiger partial charge in [-0.1, -0.05) is 29.5 Å². The average Bonchev–Trinajstić information content (AvgIpc) is 3.03. The molecule has 1 aromatic heterocycles. The molecule has 0 aliphatic rings. The molecule has 0 aliphatic heterocycles. The molecule has 0 fully saturated rings. The molecule has 2 aromatic carbocycles. The highest BCUT2D eigenvalue weighted by atomic mass is 32.1. The first-order valence-electron chi connectivity index (χ1n) is 8.35. The molecular formula is C20H18N2O4S. The lowest BCUT2D eigenvalue weighted by molar-refractivity contribution is 0.0531. The number of hydrogen-bond acceptors (Lipinski definition) is 6. The van der Waals surface area contributed by atoms with Gasteiger partial charge in [0, 0.05) is 5.56 Å². The van der Waals surface area contributed by atoms with E-state index >= 15 is 0 Å². The molecule has 0 radical (unpaired) electrons. The quantitative estimate of drug-likeness (QED) is 0.627. The number of ether oxygens (including phenoxy) is 2. The van der Waals surface area contributed by atoms with Crippen molar-refractivity contribution in [1.29, 1.82) is 0 Å². The molecule has 1 heterocycles. The number of anilines is 1. The van der Waals surface area contributed by atoms with Gasteiger partial charge in [-0.25, -0.2) is 9.78 Å². The van der Waals surface area contributed by atoms with Gasteiger partial charge in [0.25, 0.3) is 5.91 Å². The van der Waals surface area contributed by atoms with Crippen LogP contribution in [0.15, 0.2) is 54.6 Å². The van der Waals surface area contributed by atoms with Gasteiger partial charge in [-0.05, 0) is 50.2 Å². The summed E-state index contributed by atoms with van der Waals surface area (Å²) < 4.78 is 10.7. The maximum absolute atomic E-state index is 12.4. The zero-order valence-electron chi connectivity index (χ0n) is 14.9. The van der Waals surface area contributed by atoms with Crippen molar-refractivity contribution >= 4 is 28.3 Å². The predicted octanol–water partition coefficient (Wildman–Crippen LogP) is 4.67. The van der Waals surface area contributed by atoms with E-state index in [2.05, 4.69) is 10.3 Å². The van der Waals surface area contributed by atoms with Crippen molar-refractivity contribution in [2.24, 2.45) is 0 Å². The Morgan fingerprint density at radius 2 is 1.70 bits per heavy atom. The highest BCUT2D eigenvalue weighted by Gasteiger charge is 2.18. The van der Waals surface area contributed by atoms with Gasteiger partial charge in [-0.2, -0.15) is 0 Å². The number of aromatic nitrogens is 1. The third kappa shape index (κ3) is 4.71. The summed E-state index contributed by atoms with van der Waals surface area (Å²) in [6.45, 7) is 3.73. The van der Waals surface area contributed by atoms with Crippen LogP contribution >= 0.6 is 11.3 Å². The minimum Gasteiger partial charge on any atom is -0.462 e. The van der Waals surface area contributed by atoms with E-state index < -0.39 is 5.97 Å². The Bertz CT molecular complexity index is 936. The Hall–Kier alpha value is -3.19. The number of benzene rings is 2. The van der Waals surface area contributed by atoms with Gasteiger partial charge in [-0.15, -0.1) is 0 Å². The first kappa shape index (κ1) is 18.6. The second-order valence-electron chi connectivity index (χ2n) is 5.55. The summed E-state index contributed by atoms with van der Waals surface area (Å²) in [6.07, 6.45) is 0. The first-order chi connectivity index (χ1) is 13.1. The van der Waals surface area contributed by atoms with Gasteiger partial charge >= 0.3 is 5.97 Å². The lowest BCUT2D eigenvalue weighted by Gasteiger charge is -2.06. The summed E-state index contributed by atoms with van der Waals surface area (Å²) in [6, 6.07) is 16.2. The standard InChI is InChI=1S/C20H18N2O4S/c1-3-25-19(24)17-13(2)21-20(27-17)22-18(23)14-9-11-16(12-10-14)26-15-7-5-4-6-8-15/h4-12H,3H2,1-2H3,(H,21,22,23). The van der Waals surface area contributed by atoms with E-state index in [9.17, 15) is 9.59 Å². The third-order valence-corrected chi connectivity index (χ3v) is 4.63. The molecule has 7 heteroatoms. The van der Waals surface area contributed by atoms with Gasteiger partial charge in [0.15, 0.2) is 5.13 Å². The Kier molecular flexibility index (Phi) is 5.83. The molecule has 6 nitrogen and oxygen atoms in total. The number of rotatable bonds is 6. The van der Waals surface area contributed by atoms with E-state index in [1.807, 2.05) is 30.3 Å². The van der Waals surface area contributed by atoms with Crippen molar-refractivity contribution in [2.45, 2.75) is 13.8 Å². The topological polar surface area (TPSA) is 77.5 Å². The van der Waals surface area contributed by atoms with Gasteiger partial charge in [0.1, 0.15) is 16.4 Å². The van der Waals surface area contributed by atoms with Gasteiger partial charge < -0.3 is 9.47 Å².